The van der Waals surface area contributed by atoms with Crippen LogP contribution in [0.15, 0.2) is 24.5 Å². The van der Waals surface area contributed by atoms with Crippen LogP contribution in [-0.4, -0.2) is 44.7 Å². The van der Waals surface area contributed by atoms with Gasteiger partial charge in [0.05, 0.1) is 12.2 Å². The van der Waals surface area contributed by atoms with E-state index < -0.39 is 5.60 Å². The lowest BCUT2D eigenvalue weighted by atomic mass is 10.2. The molecule has 1 saturated heterocycles. The van der Waals surface area contributed by atoms with Crippen molar-refractivity contribution < 1.29 is 14.3 Å². The summed E-state index contributed by atoms with van der Waals surface area (Å²) >= 11 is 0. The van der Waals surface area contributed by atoms with Crippen molar-refractivity contribution in [2.75, 3.05) is 6.54 Å². The third-order valence-corrected chi connectivity index (χ3v) is 4.02. The number of imidazole rings is 1. The van der Waals surface area contributed by atoms with Gasteiger partial charge in [-0.2, -0.15) is 0 Å². The van der Waals surface area contributed by atoms with E-state index in [-0.39, 0.29) is 18.2 Å². The lowest BCUT2D eigenvalue weighted by Crippen LogP contribution is -2.39. The topological polar surface area (TPSA) is 56.1 Å². The van der Waals surface area contributed by atoms with Crippen LogP contribution in [0.3, 0.4) is 0 Å². The van der Waals surface area contributed by atoms with Gasteiger partial charge in [0.25, 0.3) is 0 Å². The van der Waals surface area contributed by atoms with Crippen molar-refractivity contribution in [2.24, 2.45) is 0 Å². The highest BCUT2D eigenvalue weighted by molar-refractivity contribution is 5.69. The maximum atomic E-state index is 12.3. The molecule has 1 fully saturated rings. The SMILES string of the molecule is Cc1cn2ccc(O[C@@H]3C[C@H](C)N(C(=O)OC(C)(C)C)C3)cc2n1. The van der Waals surface area contributed by atoms with Gasteiger partial charge in [-0.3, -0.25) is 0 Å². The molecular formula is C18H25N3O3. The Hall–Kier alpha value is -2.24. The first-order valence-electron chi connectivity index (χ1n) is 8.33. The second kappa shape index (κ2) is 6.00. The molecule has 3 rings (SSSR count). The number of hydrogen-bond acceptors (Lipinski definition) is 4. The smallest absolute Gasteiger partial charge is 0.410 e. The van der Waals surface area contributed by atoms with Crippen molar-refractivity contribution in [2.45, 2.75) is 58.8 Å². The predicted octanol–water partition coefficient (Wildman–Crippen LogP) is 3.42. The molecule has 2 aromatic rings. The summed E-state index contributed by atoms with van der Waals surface area (Å²) in [6, 6.07) is 3.95. The number of hydrogen-bond donors (Lipinski definition) is 0. The minimum Gasteiger partial charge on any atom is -0.488 e. The number of rotatable bonds is 2. The highest BCUT2D eigenvalue weighted by atomic mass is 16.6. The van der Waals surface area contributed by atoms with Crippen LogP contribution in [0, 0.1) is 6.92 Å². The van der Waals surface area contributed by atoms with Gasteiger partial charge in [-0.15, -0.1) is 0 Å². The fourth-order valence-corrected chi connectivity index (χ4v) is 3.00. The Kier molecular flexibility index (Phi) is 4.15. The third-order valence-electron chi connectivity index (χ3n) is 4.02. The standard InChI is InChI=1S/C18H25N3O3/c1-12-10-20-7-6-14(9-16(20)19-12)23-15-8-13(2)21(11-15)17(22)24-18(3,4)5/h6-7,9-10,13,15H,8,11H2,1-5H3/t13-,15+/m0/s1. The van der Waals surface area contributed by atoms with Crippen LogP contribution in [0.5, 0.6) is 5.75 Å². The number of carbonyl (C=O) groups excluding carboxylic acids is 1. The van der Waals surface area contributed by atoms with Crippen LogP contribution in [0.2, 0.25) is 0 Å². The Bertz CT molecular complexity index is 748. The molecule has 1 amide bonds. The van der Waals surface area contributed by atoms with E-state index in [4.69, 9.17) is 9.47 Å². The second-order valence-corrected chi connectivity index (χ2v) is 7.47. The van der Waals surface area contributed by atoms with Crippen LogP contribution < -0.4 is 4.74 Å². The number of carbonyl (C=O) groups is 1. The Labute approximate surface area is 142 Å². The molecule has 130 valence electrons. The average molecular weight is 331 g/mol. The number of nitrogens with zero attached hydrogens (tertiary/aromatic N) is 3. The Balaban J connectivity index is 1.66. The molecule has 2 aromatic heterocycles. The second-order valence-electron chi connectivity index (χ2n) is 7.47. The lowest BCUT2D eigenvalue weighted by Gasteiger charge is -2.26. The molecule has 0 aromatic carbocycles. The van der Waals surface area contributed by atoms with Gasteiger partial charge in [-0.05, 0) is 40.7 Å². The van der Waals surface area contributed by atoms with Gasteiger partial charge in [0, 0.05) is 30.9 Å². The fourth-order valence-electron chi connectivity index (χ4n) is 3.00. The number of fused-ring (bicyclic) bond motifs is 1. The first-order chi connectivity index (χ1) is 11.2. The number of ether oxygens (including phenoxy) is 2. The lowest BCUT2D eigenvalue weighted by molar-refractivity contribution is 0.0224. The fraction of sp³-hybridized carbons (Fsp3) is 0.556. The van der Waals surface area contributed by atoms with E-state index in [1.54, 1.807) is 4.90 Å². The maximum Gasteiger partial charge on any atom is 0.410 e. The largest absolute Gasteiger partial charge is 0.488 e. The van der Waals surface area contributed by atoms with Gasteiger partial charge in [-0.1, -0.05) is 0 Å². The van der Waals surface area contributed by atoms with Crippen LogP contribution in [0.4, 0.5) is 4.79 Å². The monoisotopic (exact) mass is 331 g/mol. The zero-order valence-electron chi connectivity index (χ0n) is 14.9. The van der Waals surface area contributed by atoms with Gasteiger partial charge >= 0.3 is 6.09 Å². The molecule has 2 atom stereocenters. The van der Waals surface area contributed by atoms with E-state index in [0.717, 1.165) is 23.5 Å². The van der Waals surface area contributed by atoms with E-state index in [0.29, 0.717) is 6.54 Å². The highest BCUT2D eigenvalue weighted by Gasteiger charge is 2.36. The molecule has 0 radical (unpaired) electrons. The number of aromatic nitrogens is 2. The summed E-state index contributed by atoms with van der Waals surface area (Å²) in [4.78, 5) is 18.5. The van der Waals surface area contributed by atoms with E-state index in [1.807, 2.05) is 63.5 Å². The minimum absolute atomic E-state index is 0.0361. The molecule has 1 aliphatic rings. The minimum atomic E-state index is -0.487. The summed E-state index contributed by atoms with van der Waals surface area (Å²) in [5, 5.41) is 0. The Morgan fingerprint density at radius 3 is 2.83 bits per heavy atom. The normalized spacial score (nSPS) is 21.3. The van der Waals surface area contributed by atoms with Crippen LogP contribution in [0.25, 0.3) is 5.65 Å². The van der Waals surface area contributed by atoms with Crippen molar-refractivity contribution in [3.8, 4) is 5.75 Å². The molecule has 0 bridgehead atoms. The number of amides is 1. The summed E-state index contributed by atoms with van der Waals surface area (Å²) in [5.41, 5.74) is 1.34. The molecule has 3 heterocycles. The molecule has 0 saturated carbocycles. The van der Waals surface area contributed by atoms with Gasteiger partial charge in [0.1, 0.15) is 23.1 Å². The third kappa shape index (κ3) is 3.63. The van der Waals surface area contributed by atoms with E-state index >= 15 is 0 Å². The number of likely N-dealkylation sites (tertiary alicyclic amines) is 1. The van der Waals surface area contributed by atoms with Crippen molar-refractivity contribution in [3.05, 3.63) is 30.2 Å². The van der Waals surface area contributed by atoms with Gasteiger partial charge in [0.15, 0.2) is 0 Å². The first kappa shape index (κ1) is 16.6. The molecular weight excluding hydrogens is 306 g/mol. The van der Waals surface area contributed by atoms with Crippen molar-refractivity contribution in [1.29, 1.82) is 0 Å². The zero-order valence-corrected chi connectivity index (χ0v) is 14.9. The molecule has 24 heavy (non-hydrogen) atoms. The molecule has 6 nitrogen and oxygen atoms in total. The van der Waals surface area contributed by atoms with Crippen molar-refractivity contribution in [1.82, 2.24) is 14.3 Å². The quantitative estimate of drug-likeness (QED) is 0.846. The molecule has 0 N–H and O–H groups in total. The summed E-state index contributed by atoms with van der Waals surface area (Å²) in [5.74, 6) is 0.774. The Morgan fingerprint density at radius 2 is 2.12 bits per heavy atom. The number of aryl methyl sites for hydroxylation is 1. The van der Waals surface area contributed by atoms with Gasteiger partial charge < -0.3 is 18.8 Å². The van der Waals surface area contributed by atoms with E-state index in [1.165, 1.54) is 0 Å². The molecule has 0 spiro atoms. The summed E-state index contributed by atoms with van der Waals surface area (Å²) in [6.45, 7) is 10.2. The van der Waals surface area contributed by atoms with Gasteiger partial charge in [0.2, 0.25) is 0 Å². The van der Waals surface area contributed by atoms with Crippen LogP contribution in [0.1, 0.15) is 39.8 Å². The first-order valence-corrected chi connectivity index (χ1v) is 8.33. The van der Waals surface area contributed by atoms with Crippen molar-refractivity contribution >= 4 is 11.7 Å². The van der Waals surface area contributed by atoms with E-state index in [9.17, 15) is 4.79 Å². The highest BCUT2D eigenvalue weighted by Crippen LogP contribution is 2.25. The van der Waals surface area contributed by atoms with Crippen molar-refractivity contribution in [3.63, 3.8) is 0 Å². The van der Waals surface area contributed by atoms with Gasteiger partial charge in [-0.25, -0.2) is 9.78 Å². The molecule has 0 aliphatic carbocycles. The summed E-state index contributed by atoms with van der Waals surface area (Å²) in [7, 11) is 0. The summed E-state index contributed by atoms with van der Waals surface area (Å²) in [6.07, 6.45) is 4.39. The van der Waals surface area contributed by atoms with Crippen LogP contribution >= 0.6 is 0 Å². The Morgan fingerprint density at radius 1 is 1.38 bits per heavy atom. The molecule has 1 aliphatic heterocycles. The molecule has 6 heteroatoms. The zero-order chi connectivity index (χ0) is 17.5. The molecule has 0 unspecified atom stereocenters. The predicted molar refractivity (Wildman–Crippen MR) is 91.4 cm³/mol. The average Bonchev–Trinajstić information content (AvgIpc) is 2.98. The summed E-state index contributed by atoms with van der Waals surface area (Å²) < 4.78 is 13.5. The van der Waals surface area contributed by atoms with Crippen LogP contribution in [-0.2, 0) is 4.74 Å². The maximum absolute atomic E-state index is 12.3. The number of pyridine rings is 1. The van der Waals surface area contributed by atoms with E-state index in [2.05, 4.69) is 4.98 Å².